The van der Waals surface area contributed by atoms with E-state index in [0.29, 0.717) is 6.42 Å². The number of ether oxygens (including phenoxy) is 4. The molecular weight excluding hydrogens is 1030 g/mol. The van der Waals surface area contributed by atoms with E-state index >= 15 is 0 Å². The minimum absolute atomic E-state index is 0.233. The highest BCUT2D eigenvalue weighted by Crippen LogP contribution is 2.30. The van der Waals surface area contributed by atoms with Crippen molar-refractivity contribution in [2.75, 3.05) is 19.8 Å². The molecule has 0 aromatic rings. The van der Waals surface area contributed by atoms with Gasteiger partial charge in [0.1, 0.15) is 48.8 Å². The molecule has 0 saturated carbocycles. The van der Waals surface area contributed by atoms with Gasteiger partial charge in [-0.15, -0.1) is 0 Å². The maximum absolute atomic E-state index is 13.3. The molecule has 9 N–H and O–H groups in total. The Hall–Kier alpha value is -3.61. The van der Waals surface area contributed by atoms with E-state index in [1.165, 1.54) is 70.6 Å². The third-order valence-electron chi connectivity index (χ3n) is 14.4. The van der Waals surface area contributed by atoms with Crippen LogP contribution in [0.3, 0.4) is 0 Å². The van der Waals surface area contributed by atoms with Gasteiger partial charge in [-0.2, -0.15) is 0 Å². The average molecular weight is 1140 g/mol. The number of carbonyl (C=O) groups excluding carboxylic acids is 1. The first-order valence-electron chi connectivity index (χ1n) is 31.3. The maximum Gasteiger partial charge on any atom is 0.220 e. The summed E-state index contributed by atoms with van der Waals surface area (Å²) in [7, 11) is 0. The monoisotopic (exact) mass is 1140 g/mol. The van der Waals surface area contributed by atoms with Crippen LogP contribution >= 0.6 is 0 Å². The summed E-state index contributed by atoms with van der Waals surface area (Å²) in [5.74, 6) is -0.276. The number of hydrogen-bond acceptors (Lipinski definition) is 13. The normalized spacial score (nSPS) is 25.0. The second-order valence-electron chi connectivity index (χ2n) is 21.5. The van der Waals surface area contributed by atoms with Crippen molar-refractivity contribution >= 4 is 5.91 Å². The Kier molecular flexibility index (Phi) is 46.1. The molecule has 0 aliphatic carbocycles. The maximum atomic E-state index is 13.3. The van der Waals surface area contributed by atoms with E-state index in [4.69, 9.17) is 18.9 Å². The molecule has 2 saturated heterocycles. The zero-order chi connectivity index (χ0) is 58.8. The number of hydrogen-bond donors (Lipinski definition) is 9. The van der Waals surface area contributed by atoms with Crippen LogP contribution in [0.25, 0.3) is 0 Å². The van der Waals surface area contributed by atoms with E-state index in [9.17, 15) is 45.6 Å². The lowest BCUT2D eigenvalue weighted by molar-refractivity contribution is -0.359. The lowest BCUT2D eigenvalue weighted by Gasteiger charge is -2.46. The largest absolute Gasteiger partial charge is 0.394 e. The summed E-state index contributed by atoms with van der Waals surface area (Å²) < 4.78 is 22.8. The molecule has 2 fully saturated rings. The molecule has 0 spiro atoms. The fourth-order valence-corrected chi connectivity index (χ4v) is 9.40. The van der Waals surface area contributed by atoms with E-state index < -0.39 is 86.8 Å². The Labute approximate surface area is 488 Å². The van der Waals surface area contributed by atoms with E-state index in [0.717, 1.165) is 103 Å². The SMILES string of the molecule is CC/C=C\C/C=C\C/C=C\C/C=C\C/C=C\C/C=C\C/C=C\C/C=C\C/C=C\CCCCCC(=O)NC(COC1OC(CO)C(OC2OC(CO)C(O)C(O)C2O)C(O)C1O)C(O)/C=C/CCCCCCCCCCCCCCCC. The third kappa shape index (κ3) is 36.0. The lowest BCUT2D eigenvalue weighted by Crippen LogP contribution is -2.65. The zero-order valence-electron chi connectivity index (χ0n) is 49.7. The highest BCUT2D eigenvalue weighted by Gasteiger charge is 2.51. The highest BCUT2D eigenvalue weighted by molar-refractivity contribution is 5.76. The van der Waals surface area contributed by atoms with Gasteiger partial charge in [-0.1, -0.05) is 225 Å². The van der Waals surface area contributed by atoms with Gasteiger partial charge in [0.05, 0.1) is 32.0 Å². The van der Waals surface area contributed by atoms with Gasteiger partial charge >= 0.3 is 0 Å². The van der Waals surface area contributed by atoms with Crippen molar-refractivity contribution in [2.24, 2.45) is 0 Å². The topological polar surface area (TPSA) is 228 Å². The van der Waals surface area contributed by atoms with Crippen LogP contribution in [0.2, 0.25) is 0 Å². The fourth-order valence-electron chi connectivity index (χ4n) is 9.40. The average Bonchev–Trinajstić information content (AvgIpc) is 3.47. The molecule has 0 radical (unpaired) electrons. The summed E-state index contributed by atoms with van der Waals surface area (Å²) in [5, 5.41) is 87.1. The van der Waals surface area contributed by atoms with Crippen LogP contribution in [-0.2, 0) is 23.7 Å². The fraction of sp³-hybridized carbons (Fsp3) is 0.687. The van der Waals surface area contributed by atoms with Crippen molar-refractivity contribution < 1.29 is 64.6 Å². The van der Waals surface area contributed by atoms with Crippen molar-refractivity contribution in [3.05, 3.63) is 122 Å². The minimum atomic E-state index is -1.80. The Balaban J connectivity index is 1.75. The van der Waals surface area contributed by atoms with Gasteiger partial charge in [-0.3, -0.25) is 4.79 Å². The van der Waals surface area contributed by atoms with Crippen molar-refractivity contribution in [3.63, 3.8) is 0 Å². The predicted octanol–water partition coefficient (Wildman–Crippen LogP) is 11.4. The smallest absolute Gasteiger partial charge is 0.220 e. The number of amides is 1. The summed E-state index contributed by atoms with van der Waals surface area (Å²) in [4.78, 5) is 13.3. The Morgan fingerprint density at radius 1 is 0.457 bits per heavy atom. The van der Waals surface area contributed by atoms with Gasteiger partial charge < -0.3 is 65.1 Å². The molecule has 2 heterocycles. The van der Waals surface area contributed by atoms with Crippen LogP contribution in [0.4, 0.5) is 0 Å². The van der Waals surface area contributed by atoms with Gasteiger partial charge in [0.15, 0.2) is 12.6 Å². The van der Waals surface area contributed by atoms with E-state index in [-0.39, 0.29) is 18.9 Å². The molecule has 14 heteroatoms. The number of carbonyl (C=O) groups is 1. The molecule has 0 aromatic heterocycles. The van der Waals surface area contributed by atoms with Gasteiger partial charge in [-0.05, 0) is 89.9 Å². The second-order valence-corrected chi connectivity index (χ2v) is 21.5. The number of unbranched alkanes of at least 4 members (excludes halogenated alkanes) is 17. The van der Waals surface area contributed by atoms with Crippen LogP contribution in [0.15, 0.2) is 122 Å². The summed E-state index contributed by atoms with van der Waals surface area (Å²) in [5.41, 5.74) is 0. The zero-order valence-corrected chi connectivity index (χ0v) is 49.7. The van der Waals surface area contributed by atoms with Crippen molar-refractivity contribution in [1.29, 1.82) is 0 Å². The van der Waals surface area contributed by atoms with Crippen molar-refractivity contribution in [3.8, 4) is 0 Å². The molecule has 0 bridgehead atoms. The van der Waals surface area contributed by atoms with Crippen molar-refractivity contribution in [2.45, 2.75) is 274 Å². The number of nitrogens with one attached hydrogen (secondary N) is 1. The van der Waals surface area contributed by atoms with Crippen molar-refractivity contribution in [1.82, 2.24) is 5.32 Å². The molecule has 2 rings (SSSR count). The third-order valence-corrected chi connectivity index (χ3v) is 14.4. The Bertz CT molecular complexity index is 1820. The molecule has 81 heavy (non-hydrogen) atoms. The first-order valence-corrected chi connectivity index (χ1v) is 31.3. The number of rotatable bonds is 48. The lowest BCUT2D eigenvalue weighted by atomic mass is 9.97. The van der Waals surface area contributed by atoms with E-state index in [1.54, 1.807) is 6.08 Å². The molecule has 462 valence electrons. The molecule has 2 aliphatic rings. The van der Waals surface area contributed by atoms with Crippen LogP contribution in [0.5, 0.6) is 0 Å². The van der Waals surface area contributed by atoms with E-state index in [2.05, 4.69) is 129 Å². The molecule has 0 aromatic carbocycles. The van der Waals surface area contributed by atoms with Gasteiger partial charge in [-0.25, -0.2) is 0 Å². The van der Waals surface area contributed by atoms with Gasteiger partial charge in [0.25, 0.3) is 0 Å². The van der Waals surface area contributed by atoms with Gasteiger partial charge in [0.2, 0.25) is 5.91 Å². The summed E-state index contributed by atoms with van der Waals surface area (Å²) >= 11 is 0. The summed E-state index contributed by atoms with van der Waals surface area (Å²) in [6, 6.07) is -0.942. The first-order chi connectivity index (χ1) is 39.6. The summed E-state index contributed by atoms with van der Waals surface area (Å²) in [6.45, 7) is 2.65. The molecule has 14 nitrogen and oxygen atoms in total. The van der Waals surface area contributed by atoms with Crippen LogP contribution < -0.4 is 5.32 Å². The minimum Gasteiger partial charge on any atom is -0.394 e. The molecule has 1 amide bonds. The highest BCUT2D eigenvalue weighted by atomic mass is 16.7. The van der Waals surface area contributed by atoms with Gasteiger partial charge in [0, 0.05) is 6.42 Å². The summed E-state index contributed by atoms with van der Waals surface area (Å²) in [6.07, 6.45) is 56.6. The van der Waals surface area contributed by atoms with Crippen LogP contribution in [-0.4, -0.2) is 140 Å². The predicted molar refractivity (Wildman–Crippen MR) is 327 cm³/mol. The Morgan fingerprint density at radius 3 is 1.31 bits per heavy atom. The Morgan fingerprint density at radius 2 is 0.852 bits per heavy atom. The standard InChI is InChI=1S/C67H111NO13/c1-3-5-7-9-11-13-15-17-19-21-22-23-24-25-26-27-28-29-30-31-32-33-34-35-37-39-41-43-45-47-49-51-59(72)68-55(56(71)50-48-46-44-42-40-38-36-20-18-16-14-12-10-8-6-4-2)54-78-66-64(77)62(75)65(58(53-70)80-66)81-67-63(76)61(74)60(73)57(52-69)79-67/h5,7,11,13,17,19,22-23,25-26,28-29,31-32,34-35,39,41,48,50,55-58,60-67,69-71,73-77H,3-4,6,8-10,12,14-16,18,20-21,24,27,30,33,36-38,40,42-47,49,51-54H2,1-2H3,(H,68,72)/b7-5-,13-11-,19-17-,23-22-,26-25-,29-28-,32-31-,35-34-,41-39-,50-48+. The van der Waals surface area contributed by atoms with Crippen LogP contribution in [0, 0.1) is 0 Å². The second kappa shape index (κ2) is 50.9. The molecule has 2 aliphatic heterocycles. The molecule has 12 unspecified atom stereocenters. The number of aliphatic hydroxyl groups excluding tert-OH is 8. The first kappa shape index (κ1) is 73.5. The number of aliphatic hydroxyl groups is 8. The molecule has 12 atom stereocenters. The quantitative estimate of drug-likeness (QED) is 0.0204. The van der Waals surface area contributed by atoms with E-state index in [1.807, 2.05) is 6.08 Å². The number of allylic oxidation sites excluding steroid dienone is 19. The van der Waals surface area contributed by atoms with Crippen LogP contribution in [0.1, 0.15) is 200 Å². The molecular formula is C67H111NO13.